The van der Waals surface area contributed by atoms with E-state index in [1.807, 2.05) is 65.8 Å². The minimum absolute atomic E-state index is 0.00669. The van der Waals surface area contributed by atoms with E-state index < -0.39 is 11.5 Å². The van der Waals surface area contributed by atoms with Gasteiger partial charge in [-0.05, 0) is 63.1 Å². The first-order chi connectivity index (χ1) is 18.8. The van der Waals surface area contributed by atoms with E-state index in [1.54, 1.807) is 0 Å². The number of Topliss-reactive ketones (excluding diaryl/α,β-unsaturated/α-hetero) is 1. The Balaban J connectivity index is 1.70. The number of nitrogens with zero attached hydrogens (tertiary/aromatic N) is 1. The van der Waals surface area contributed by atoms with E-state index in [-0.39, 0.29) is 47.9 Å². The van der Waals surface area contributed by atoms with Gasteiger partial charge >= 0.3 is 5.97 Å². The van der Waals surface area contributed by atoms with Crippen molar-refractivity contribution in [2.45, 2.75) is 86.3 Å². The van der Waals surface area contributed by atoms with Gasteiger partial charge in [-0.2, -0.15) is 0 Å². The average Bonchev–Trinajstić information content (AvgIpc) is 3.20. The van der Waals surface area contributed by atoms with E-state index in [0.29, 0.717) is 45.2 Å². The van der Waals surface area contributed by atoms with Gasteiger partial charge in [0.05, 0.1) is 11.5 Å². The third-order valence-corrected chi connectivity index (χ3v) is 6.66. The highest BCUT2D eigenvalue weighted by Crippen LogP contribution is 2.18. The van der Waals surface area contributed by atoms with Crippen LogP contribution in [0.5, 0.6) is 0 Å². The van der Waals surface area contributed by atoms with Crippen molar-refractivity contribution in [1.29, 1.82) is 0 Å². The molecule has 0 spiro atoms. The number of unbranched alkanes of at least 4 members (excludes halogenated alkanes) is 2. The van der Waals surface area contributed by atoms with E-state index in [2.05, 4.69) is 10.6 Å². The number of anilines is 1. The molecule has 0 bridgehead atoms. The first kappa shape index (κ1) is 32.7. The first-order valence-corrected chi connectivity index (χ1v) is 14.1. The quantitative estimate of drug-likeness (QED) is 0.176. The summed E-state index contributed by atoms with van der Waals surface area (Å²) in [5.41, 5.74) is 1.27. The van der Waals surface area contributed by atoms with Crippen LogP contribution < -0.4 is 10.6 Å². The Hall–Kier alpha value is -3.49. The maximum atomic E-state index is 13.0. The number of hydrogen-bond donors (Lipinski definition) is 2. The fourth-order valence-corrected chi connectivity index (χ4v) is 4.17. The molecule has 3 amide bonds. The van der Waals surface area contributed by atoms with Crippen molar-refractivity contribution in [2.75, 3.05) is 18.4 Å². The summed E-state index contributed by atoms with van der Waals surface area (Å²) in [5.74, 6) is -0.959. The van der Waals surface area contributed by atoms with E-state index >= 15 is 0 Å². The lowest BCUT2D eigenvalue weighted by Gasteiger charge is -2.23. The van der Waals surface area contributed by atoms with Gasteiger partial charge in [0.15, 0.2) is 5.78 Å². The summed E-state index contributed by atoms with van der Waals surface area (Å²) in [4.78, 5) is 61.8. The molecule has 1 aliphatic rings. The topological polar surface area (TPSA) is 122 Å². The van der Waals surface area contributed by atoms with Gasteiger partial charge in [-0.15, -0.1) is 0 Å². The molecule has 0 aliphatic carbocycles. The number of imide groups is 1. The molecular formula is C31H45N3O6. The second kappa shape index (κ2) is 15.3. The second-order valence-electron chi connectivity index (χ2n) is 11.9. The van der Waals surface area contributed by atoms with E-state index in [0.717, 1.165) is 11.3 Å². The molecule has 2 N–H and O–H groups in total. The molecule has 0 radical (unpaired) electrons. The molecule has 1 heterocycles. The molecule has 0 unspecified atom stereocenters. The Morgan fingerprint density at radius 2 is 1.55 bits per heavy atom. The Morgan fingerprint density at radius 1 is 0.925 bits per heavy atom. The molecule has 40 heavy (non-hydrogen) atoms. The van der Waals surface area contributed by atoms with Gasteiger partial charge in [0.2, 0.25) is 5.91 Å². The smallest absolute Gasteiger partial charge is 0.311 e. The van der Waals surface area contributed by atoms with Crippen LogP contribution in [-0.4, -0.2) is 53.5 Å². The number of rotatable bonds is 16. The zero-order chi connectivity index (χ0) is 29.9. The van der Waals surface area contributed by atoms with E-state index in [4.69, 9.17) is 4.74 Å². The summed E-state index contributed by atoms with van der Waals surface area (Å²) >= 11 is 0. The van der Waals surface area contributed by atoms with Crippen LogP contribution in [0.2, 0.25) is 0 Å². The number of amides is 3. The normalized spacial score (nSPS) is 14.8. The number of carbonyl (C=O) groups excluding carboxylic acids is 5. The third-order valence-electron chi connectivity index (χ3n) is 6.66. The minimum Gasteiger partial charge on any atom is -0.460 e. The maximum Gasteiger partial charge on any atom is 0.311 e. The van der Waals surface area contributed by atoms with Crippen molar-refractivity contribution in [1.82, 2.24) is 10.2 Å². The number of hydrogen-bond acceptors (Lipinski definition) is 7. The lowest BCUT2D eigenvalue weighted by atomic mass is 9.93. The summed E-state index contributed by atoms with van der Waals surface area (Å²) < 4.78 is 5.35. The van der Waals surface area contributed by atoms with Gasteiger partial charge in [-0.3, -0.25) is 28.9 Å². The molecule has 1 aliphatic heterocycles. The van der Waals surface area contributed by atoms with Crippen molar-refractivity contribution in [2.24, 2.45) is 17.3 Å². The molecule has 2 atom stereocenters. The van der Waals surface area contributed by atoms with Gasteiger partial charge in [0, 0.05) is 43.8 Å². The van der Waals surface area contributed by atoms with Gasteiger partial charge in [-0.25, -0.2) is 0 Å². The summed E-state index contributed by atoms with van der Waals surface area (Å²) in [6, 6.07) is 7.10. The first-order valence-electron chi connectivity index (χ1n) is 14.1. The molecule has 1 aromatic rings. The average molecular weight is 556 g/mol. The van der Waals surface area contributed by atoms with Crippen LogP contribution in [0.15, 0.2) is 36.4 Å². The standard InChI is InChI=1S/C31H45N3O6/c1-21(2)29(33-26(36)10-8-7-9-17-34-27(37)15-16-28(34)38)25(35)18-22(3)19-32-24-13-11-23(12-14-24)20-40-30(39)31(4,5)6/h11-16,21-22,29,32H,7-10,17-20H2,1-6H3,(H,33,36)/t22-,29+/m0/s1. The minimum atomic E-state index is -0.545. The number of ketones is 1. The fraction of sp³-hybridized carbons (Fsp3) is 0.581. The maximum absolute atomic E-state index is 13.0. The Morgan fingerprint density at radius 3 is 2.12 bits per heavy atom. The van der Waals surface area contributed by atoms with Crippen molar-refractivity contribution in [3.8, 4) is 0 Å². The number of benzene rings is 1. The predicted molar refractivity (Wildman–Crippen MR) is 154 cm³/mol. The molecule has 1 aromatic carbocycles. The molecule has 0 fully saturated rings. The van der Waals surface area contributed by atoms with Gasteiger partial charge in [0.25, 0.3) is 11.8 Å². The summed E-state index contributed by atoms with van der Waals surface area (Å²) in [5, 5.41) is 6.25. The van der Waals surface area contributed by atoms with Gasteiger partial charge in [0.1, 0.15) is 6.61 Å². The van der Waals surface area contributed by atoms with Crippen molar-refractivity contribution < 1.29 is 28.7 Å². The zero-order valence-corrected chi connectivity index (χ0v) is 24.7. The number of ether oxygens (including phenoxy) is 1. The van der Waals surface area contributed by atoms with Crippen molar-refractivity contribution >= 4 is 35.2 Å². The molecular weight excluding hydrogens is 510 g/mol. The zero-order valence-electron chi connectivity index (χ0n) is 24.7. The summed E-state index contributed by atoms with van der Waals surface area (Å²) in [7, 11) is 0. The molecule has 0 saturated carbocycles. The second-order valence-corrected chi connectivity index (χ2v) is 11.9. The lowest BCUT2D eigenvalue weighted by Crippen LogP contribution is -2.45. The highest BCUT2D eigenvalue weighted by molar-refractivity contribution is 6.12. The summed E-state index contributed by atoms with van der Waals surface area (Å²) in [6.45, 7) is 12.5. The van der Waals surface area contributed by atoms with Crippen LogP contribution in [0.3, 0.4) is 0 Å². The predicted octanol–water partition coefficient (Wildman–Crippen LogP) is 4.41. The molecule has 220 valence electrons. The highest BCUT2D eigenvalue weighted by Gasteiger charge is 2.26. The van der Waals surface area contributed by atoms with Crippen LogP contribution in [0, 0.1) is 17.3 Å². The van der Waals surface area contributed by atoms with Crippen LogP contribution in [0.25, 0.3) is 0 Å². The number of esters is 1. The molecule has 0 saturated heterocycles. The Kier molecular flexibility index (Phi) is 12.5. The van der Waals surface area contributed by atoms with Crippen LogP contribution >= 0.6 is 0 Å². The highest BCUT2D eigenvalue weighted by atomic mass is 16.5. The van der Waals surface area contributed by atoms with E-state index in [1.165, 1.54) is 17.1 Å². The van der Waals surface area contributed by atoms with Crippen molar-refractivity contribution in [3.63, 3.8) is 0 Å². The van der Waals surface area contributed by atoms with Gasteiger partial charge < -0.3 is 15.4 Å². The largest absolute Gasteiger partial charge is 0.460 e. The monoisotopic (exact) mass is 555 g/mol. The van der Waals surface area contributed by atoms with Crippen LogP contribution in [0.4, 0.5) is 5.69 Å². The molecule has 9 nitrogen and oxygen atoms in total. The lowest BCUT2D eigenvalue weighted by molar-refractivity contribution is -0.154. The van der Waals surface area contributed by atoms with E-state index in [9.17, 15) is 24.0 Å². The Labute approximate surface area is 238 Å². The van der Waals surface area contributed by atoms with Crippen LogP contribution in [-0.2, 0) is 35.3 Å². The number of nitrogens with one attached hydrogen (secondary N) is 2. The van der Waals surface area contributed by atoms with Crippen molar-refractivity contribution in [3.05, 3.63) is 42.0 Å². The number of carbonyl (C=O) groups is 5. The summed E-state index contributed by atoms with van der Waals surface area (Å²) in [6.07, 6.45) is 5.12. The molecule has 2 rings (SSSR count). The Bertz CT molecular complexity index is 1050. The SMILES string of the molecule is CC(C)[C@@H](NC(=O)CCCCCN1C(=O)C=CC1=O)C(=O)C[C@H](C)CNc1ccc(COC(=O)C(C)(C)C)cc1. The molecule has 9 heteroatoms. The van der Waals surface area contributed by atoms with Crippen LogP contribution in [0.1, 0.15) is 79.2 Å². The molecule has 0 aromatic heterocycles. The third kappa shape index (κ3) is 10.9. The van der Waals surface area contributed by atoms with Gasteiger partial charge in [-0.1, -0.05) is 39.3 Å². The fourth-order valence-electron chi connectivity index (χ4n) is 4.17.